The van der Waals surface area contributed by atoms with Crippen molar-refractivity contribution < 1.29 is 4.79 Å². The molecule has 0 spiro atoms. The van der Waals surface area contributed by atoms with Crippen LogP contribution in [0.25, 0.3) is 5.69 Å². The van der Waals surface area contributed by atoms with Gasteiger partial charge in [0.25, 0.3) is 0 Å². The molecule has 3 aromatic rings. The van der Waals surface area contributed by atoms with Gasteiger partial charge in [0, 0.05) is 5.02 Å². The first-order chi connectivity index (χ1) is 13.1. The van der Waals surface area contributed by atoms with Crippen LogP contribution in [0.2, 0.25) is 5.02 Å². The van der Waals surface area contributed by atoms with Crippen LogP contribution in [0.15, 0.2) is 60.0 Å². The Morgan fingerprint density at radius 1 is 1.26 bits per heavy atom. The summed E-state index contributed by atoms with van der Waals surface area (Å²) in [6.45, 7) is 4.05. The van der Waals surface area contributed by atoms with Gasteiger partial charge in [-0.1, -0.05) is 60.6 Å². The lowest BCUT2D eigenvalue weighted by atomic mass is 10.1. The van der Waals surface area contributed by atoms with Crippen molar-refractivity contribution in [1.82, 2.24) is 20.1 Å². The fourth-order valence-corrected chi connectivity index (χ4v) is 3.74. The van der Waals surface area contributed by atoms with E-state index in [1.165, 1.54) is 17.3 Å². The largest absolute Gasteiger partial charge is 0.349 e. The molecule has 0 saturated heterocycles. The minimum absolute atomic E-state index is 0.0641. The van der Waals surface area contributed by atoms with Crippen molar-refractivity contribution in [3.05, 3.63) is 71.0 Å². The van der Waals surface area contributed by atoms with E-state index in [4.69, 9.17) is 11.6 Å². The van der Waals surface area contributed by atoms with Gasteiger partial charge in [0.2, 0.25) is 5.91 Å². The fraction of sp³-hybridized carbons (Fsp3) is 0.250. The maximum absolute atomic E-state index is 12.4. The van der Waals surface area contributed by atoms with Gasteiger partial charge >= 0.3 is 0 Å². The number of hydrogen-bond acceptors (Lipinski definition) is 4. The monoisotopic (exact) mass is 400 g/mol. The molecule has 0 aliphatic heterocycles. The molecule has 1 heterocycles. The summed E-state index contributed by atoms with van der Waals surface area (Å²) in [6, 6.07) is 15.5. The van der Waals surface area contributed by atoms with Crippen molar-refractivity contribution in [2.45, 2.75) is 31.5 Å². The fourth-order valence-electron chi connectivity index (χ4n) is 2.81. The Balaban J connectivity index is 1.64. The minimum Gasteiger partial charge on any atom is -0.349 e. The predicted octanol–water partition coefficient (Wildman–Crippen LogP) is 4.45. The zero-order valence-corrected chi connectivity index (χ0v) is 16.8. The van der Waals surface area contributed by atoms with Gasteiger partial charge in [0.1, 0.15) is 6.33 Å². The van der Waals surface area contributed by atoms with Gasteiger partial charge in [-0.05, 0) is 42.7 Å². The zero-order valence-electron chi connectivity index (χ0n) is 15.2. The number of thioether (sulfide) groups is 1. The van der Waals surface area contributed by atoms with E-state index in [-0.39, 0.29) is 17.7 Å². The number of nitrogens with one attached hydrogen (secondary N) is 1. The number of nitrogens with zero attached hydrogens (tertiary/aromatic N) is 3. The summed E-state index contributed by atoms with van der Waals surface area (Å²) in [5, 5.41) is 12.5. The van der Waals surface area contributed by atoms with E-state index in [1.54, 1.807) is 6.33 Å². The molecule has 0 saturated carbocycles. The molecule has 5 nitrogen and oxygen atoms in total. The molecule has 1 N–H and O–H groups in total. The second kappa shape index (κ2) is 9.06. The van der Waals surface area contributed by atoms with E-state index in [0.717, 1.165) is 17.7 Å². The summed E-state index contributed by atoms with van der Waals surface area (Å²) in [7, 11) is 0. The van der Waals surface area contributed by atoms with Crippen molar-refractivity contribution in [2.24, 2.45) is 0 Å². The first kappa shape index (κ1) is 19.5. The Morgan fingerprint density at radius 2 is 2.07 bits per heavy atom. The highest BCUT2D eigenvalue weighted by Gasteiger charge is 2.14. The highest BCUT2D eigenvalue weighted by Crippen LogP contribution is 2.23. The molecule has 1 unspecified atom stereocenters. The van der Waals surface area contributed by atoms with Crippen molar-refractivity contribution in [3.63, 3.8) is 0 Å². The van der Waals surface area contributed by atoms with Crippen LogP contribution in [0.4, 0.5) is 0 Å². The summed E-state index contributed by atoms with van der Waals surface area (Å²) in [5.41, 5.74) is 3.22. The first-order valence-corrected chi connectivity index (χ1v) is 10.1. The Labute approximate surface area is 168 Å². The first-order valence-electron chi connectivity index (χ1n) is 8.74. The molecule has 3 rings (SSSR count). The molecular weight excluding hydrogens is 380 g/mol. The Morgan fingerprint density at radius 3 is 2.85 bits per heavy atom. The lowest BCUT2D eigenvalue weighted by Crippen LogP contribution is -2.28. The lowest BCUT2D eigenvalue weighted by Gasteiger charge is -2.15. The van der Waals surface area contributed by atoms with Crippen molar-refractivity contribution in [1.29, 1.82) is 0 Å². The maximum Gasteiger partial charge on any atom is 0.230 e. The molecule has 0 radical (unpaired) electrons. The van der Waals surface area contributed by atoms with Crippen LogP contribution >= 0.6 is 23.4 Å². The van der Waals surface area contributed by atoms with Crippen molar-refractivity contribution in [3.8, 4) is 5.69 Å². The zero-order chi connectivity index (χ0) is 19.2. The summed E-state index contributed by atoms with van der Waals surface area (Å²) in [6.07, 6.45) is 2.60. The number of para-hydroxylation sites is 1. The van der Waals surface area contributed by atoms with E-state index in [9.17, 15) is 4.79 Å². The average molecular weight is 401 g/mol. The highest BCUT2D eigenvalue weighted by molar-refractivity contribution is 7.99. The minimum atomic E-state index is -0.115. The van der Waals surface area contributed by atoms with Crippen LogP contribution in [0.1, 0.15) is 31.0 Å². The number of hydrogen-bond donors (Lipinski definition) is 1. The van der Waals surface area contributed by atoms with E-state index < -0.39 is 0 Å². The molecule has 140 valence electrons. The average Bonchev–Trinajstić information content (AvgIpc) is 3.14. The summed E-state index contributed by atoms with van der Waals surface area (Å²) in [4.78, 5) is 12.4. The summed E-state index contributed by atoms with van der Waals surface area (Å²) >= 11 is 7.39. The molecule has 0 aliphatic carbocycles. The van der Waals surface area contributed by atoms with E-state index in [0.29, 0.717) is 10.2 Å². The Hall–Kier alpha value is -2.31. The molecule has 0 aliphatic rings. The second-order valence-corrected chi connectivity index (χ2v) is 7.48. The lowest BCUT2D eigenvalue weighted by molar-refractivity contribution is -0.119. The van der Waals surface area contributed by atoms with Crippen LogP contribution in [-0.2, 0) is 11.2 Å². The Bertz CT molecular complexity index is 928. The highest BCUT2D eigenvalue weighted by atomic mass is 35.5. The number of benzene rings is 2. The standard InChI is InChI=1S/C20H21ClN4OS/c1-3-15-7-4-5-10-18(15)25-13-22-24-20(25)27-12-19(26)23-14(2)16-8-6-9-17(21)11-16/h4-11,13-14H,3,12H2,1-2H3,(H,23,26). The molecule has 27 heavy (non-hydrogen) atoms. The topological polar surface area (TPSA) is 59.8 Å². The number of carbonyl (C=O) groups excluding carboxylic acids is 1. The summed E-state index contributed by atoms with van der Waals surface area (Å²) in [5.74, 6) is 0.198. The molecule has 1 atom stereocenters. The van der Waals surface area contributed by atoms with Gasteiger partial charge in [-0.15, -0.1) is 10.2 Å². The third kappa shape index (κ3) is 4.90. The van der Waals surface area contributed by atoms with Crippen molar-refractivity contribution in [2.75, 3.05) is 5.75 Å². The van der Waals surface area contributed by atoms with Gasteiger partial charge in [0.05, 0.1) is 17.5 Å². The molecule has 7 heteroatoms. The van der Waals surface area contributed by atoms with Gasteiger partial charge in [-0.25, -0.2) is 0 Å². The third-order valence-electron chi connectivity index (χ3n) is 4.21. The number of aryl methyl sites for hydroxylation is 1. The van der Waals surface area contributed by atoms with E-state index in [2.05, 4.69) is 28.5 Å². The smallest absolute Gasteiger partial charge is 0.230 e. The molecule has 1 amide bonds. The second-order valence-electron chi connectivity index (χ2n) is 6.10. The number of carbonyl (C=O) groups is 1. The number of aromatic nitrogens is 3. The molecule has 0 bridgehead atoms. The van der Waals surface area contributed by atoms with Gasteiger partial charge in [-0.2, -0.15) is 0 Å². The SMILES string of the molecule is CCc1ccccc1-n1cnnc1SCC(=O)NC(C)c1cccc(Cl)c1. The van der Waals surface area contributed by atoms with Gasteiger partial charge < -0.3 is 5.32 Å². The molecular formula is C20H21ClN4OS. The van der Waals surface area contributed by atoms with Crippen LogP contribution in [-0.4, -0.2) is 26.4 Å². The van der Waals surface area contributed by atoms with Gasteiger partial charge in [-0.3, -0.25) is 9.36 Å². The normalized spacial score (nSPS) is 12.0. The Kier molecular flexibility index (Phi) is 6.53. The van der Waals surface area contributed by atoms with Crippen LogP contribution in [0, 0.1) is 0 Å². The van der Waals surface area contributed by atoms with Crippen LogP contribution in [0.3, 0.4) is 0 Å². The van der Waals surface area contributed by atoms with Gasteiger partial charge in [0.15, 0.2) is 5.16 Å². The molecule has 1 aromatic heterocycles. The molecule has 0 fully saturated rings. The summed E-state index contributed by atoms with van der Waals surface area (Å²) < 4.78 is 1.93. The number of rotatable bonds is 7. The number of amides is 1. The number of halogens is 1. The maximum atomic E-state index is 12.4. The molecule has 2 aromatic carbocycles. The van der Waals surface area contributed by atoms with Crippen molar-refractivity contribution >= 4 is 29.3 Å². The third-order valence-corrected chi connectivity index (χ3v) is 5.39. The predicted molar refractivity (Wildman–Crippen MR) is 109 cm³/mol. The van der Waals surface area contributed by atoms with Crippen LogP contribution < -0.4 is 5.32 Å². The van der Waals surface area contributed by atoms with E-state index >= 15 is 0 Å². The quantitative estimate of drug-likeness (QED) is 0.595. The van der Waals surface area contributed by atoms with Crippen LogP contribution in [0.5, 0.6) is 0 Å². The van der Waals surface area contributed by atoms with E-state index in [1.807, 2.05) is 54.0 Å².